The van der Waals surface area contributed by atoms with E-state index in [1.807, 2.05) is 6.07 Å². The molecular formula is C22H24ClN3O4S. The summed E-state index contributed by atoms with van der Waals surface area (Å²) in [5.41, 5.74) is 2.79. The first-order chi connectivity index (χ1) is 14.7. The highest BCUT2D eigenvalue weighted by Gasteiger charge is 2.42. The fourth-order valence-corrected chi connectivity index (χ4v) is 6.12. The SMILES string of the molecule is Cc1cccc(N2CCN(C(=O)c3ccc(N4C(=O)C(C)CS4(=O)=O)cc3Cl)CC2)c1. The number of hydrogen-bond donors (Lipinski definition) is 0. The van der Waals surface area contributed by atoms with Crippen molar-refractivity contribution in [2.75, 3.05) is 41.1 Å². The number of piperazine rings is 1. The number of anilines is 2. The van der Waals surface area contributed by atoms with Gasteiger partial charge in [-0.25, -0.2) is 12.7 Å². The number of halogens is 1. The summed E-state index contributed by atoms with van der Waals surface area (Å²) in [4.78, 5) is 29.3. The lowest BCUT2D eigenvalue weighted by molar-refractivity contribution is -0.119. The molecule has 2 amide bonds. The highest BCUT2D eigenvalue weighted by Crippen LogP contribution is 2.32. The van der Waals surface area contributed by atoms with Crippen molar-refractivity contribution in [1.29, 1.82) is 0 Å². The zero-order chi connectivity index (χ0) is 22.3. The van der Waals surface area contributed by atoms with Crippen LogP contribution in [-0.4, -0.2) is 57.1 Å². The first kappa shape index (κ1) is 21.6. The number of aryl methyl sites for hydroxylation is 1. The monoisotopic (exact) mass is 461 g/mol. The maximum absolute atomic E-state index is 13.0. The van der Waals surface area contributed by atoms with Crippen molar-refractivity contribution >= 4 is 44.8 Å². The Kier molecular flexibility index (Phi) is 5.70. The van der Waals surface area contributed by atoms with Crippen LogP contribution >= 0.6 is 11.6 Å². The molecule has 0 radical (unpaired) electrons. The predicted molar refractivity (Wildman–Crippen MR) is 121 cm³/mol. The molecule has 0 aromatic heterocycles. The molecule has 2 aliphatic heterocycles. The fraction of sp³-hybridized carbons (Fsp3) is 0.364. The lowest BCUT2D eigenvalue weighted by Crippen LogP contribution is -2.48. The highest BCUT2D eigenvalue weighted by atomic mass is 35.5. The van der Waals surface area contributed by atoms with Gasteiger partial charge in [0.25, 0.3) is 5.91 Å². The van der Waals surface area contributed by atoms with Gasteiger partial charge in [0.15, 0.2) is 0 Å². The van der Waals surface area contributed by atoms with Gasteiger partial charge in [-0.15, -0.1) is 0 Å². The van der Waals surface area contributed by atoms with Gasteiger partial charge in [0.1, 0.15) is 0 Å². The molecule has 164 valence electrons. The Morgan fingerprint density at radius 1 is 1.03 bits per heavy atom. The van der Waals surface area contributed by atoms with Gasteiger partial charge in [0, 0.05) is 31.9 Å². The van der Waals surface area contributed by atoms with Crippen LogP contribution in [0.3, 0.4) is 0 Å². The van der Waals surface area contributed by atoms with Crippen LogP contribution in [-0.2, 0) is 14.8 Å². The van der Waals surface area contributed by atoms with Gasteiger partial charge in [-0.3, -0.25) is 9.59 Å². The third-order valence-electron chi connectivity index (χ3n) is 5.71. The third kappa shape index (κ3) is 4.14. The molecule has 0 saturated carbocycles. The number of hydrogen-bond acceptors (Lipinski definition) is 5. The maximum Gasteiger partial charge on any atom is 0.255 e. The lowest BCUT2D eigenvalue weighted by atomic mass is 10.1. The van der Waals surface area contributed by atoms with Crippen LogP contribution in [0.1, 0.15) is 22.8 Å². The Balaban J connectivity index is 1.48. The summed E-state index contributed by atoms with van der Waals surface area (Å²) < 4.78 is 25.4. The third-order valence-corrected chi connectivity index (χ3v) is 7.89. The van der Waals surface area contributed by atoms with Crippen LogP contribution in [0, 0.1) is 12.8 Å². The molecule has 1 atom stereocenters. The molecule has 31 heavy (non-hydrogen) atoms. The minimum Gasteiger partial charge on any atom is -0.368 e. The normalized spacial score (nSPS) is 20.9. The van der Waals surface area contributed by atoms with E-state index in [0.29, 0.717) is 31.7 Å². The van der Waals surface area contributed by atoms with Crippen molar-refractivity contribution in [3.8, 4) is 0 Å². The van der Waals surface area contributed by atoms with Gasteiger partial charge in [-0.05, 0) is 42.8 Å². The predicted octanol–water partition coefficient (Wildman–Crippen LogP) is 2.92. The quantitative estimate of drug-likeness (QED) is 0.702. The summed E-state index contributed by atoms with van der Waals surface area (Å²) in [7, 11) is -3.72. The van der Waals surface area contributed by atoms with Gasteiger partial charge in [0.05, 0.1) is 27.9 Å². The zero-order valence-corrected chi connectivity index (χ0v) is 19.0. The molecule has 9 heteroatoms. The molecule has 2 heterocycles. The minimum absolute atomic E-state index is 0.131. The molecule has 1 unspecified atom stereocenters. The lowest BCUT2D eigenvalue weighted by Gasteiger charge is -2.36. The second kappa shape index (κ2) is 8.16. The number of amides is 2. The molecule has 2 fully saturated rings. The van der Waals surface area contributed by atoms with Crippen molar-refractivity contribution in [3.05, 3.63) is 58.6 Å². The second-order valence-electron chi connectivity index (χ2n) is 8.06. The van der Waals surface area contributed by atoms with Crippen LogP contribution in [0.25, 0.3) is 0 Å². The summed E-state index contributed by atoms with van der Waals surface area (Å²) in [6, 6.07) is 12.6. The minimum atomic E-state index is -3.72. The Bertz CT molecular complexity index is 1140. The summed E-state index contributed by atoms with van der Waals surface area (Å²) in [5.74, 6) is -1.52. The summed E-state index contributed by atoms with van der Waals surface area (Å²) in [5, 5.41) is 0.131. The van der Waals surface area contributed by atoms with E-state index in [2.05, 4.69) is 30.0 Å². The molecule has 2 aromatic rings. The fourth-order valence-electron chi connectivity index (χ4n) is 4.05. The van der Waals surface area contributed by atoms with E-state index in [1.54, 1.807) is 11.8 Å². The molecule has 0 N–H and O–H groups in total. The summed E-state index contributed by atoms with van der Waals surface area (Å²) in [6.07, 6.45) is 0. The van der Waals surface area contributed by atoms with Crippen molar-refractivity contribution in [2.24, 2.45) is 5.92 Å². The average molecular weight is 462 g/mol. The molecule has 7 nitrogen and oxygen atoms in total. The van der Waals surface area contributed by atoms with Crippen molar-refractivity contribution in [3.63, 3.8) is 0 Å². The Morgan fingerprint density at radius 3 is 2.32 bits per heavy atom. The number of rotatable bonds is 3. The van der Waals surface area contributed by atoms with Gasteiger partial charge in [0.2, 0.25) is 15.9 Å². The first-order valence-electron chi connectivity index (χ1n) is 10.1. The highest BCUT2D eigenvalue weighted by molar-refractivity contribution is 7.94. The van der Waals surface area contributed by atoms with E-state index in [0.717, 1.165) is 9.99 Å². The Hall–Kier alpha value is -2.58. The molecule has 0 aliphatic carbocycles. The number of nitrogens with zero attached hydrogens (tertiary/aromatic N) is 3. The maximum atomic E-state index is 13.0. The van der Waals surface area contributed by atoms with Gasteiger partial charge >= 0.3 is 0 Å². The molecule has 2 saturated heterocycles. The number of carbonyl (C=O) groups excluding carboxylic acids is 2. The molecule has 2 aliphatic rings. The molecule has 0 spiro atoms. The standard InChI is InChI=1S/C22H24ClN3O4S/c1-15-4-3-5-17(12-15)24-8-10-25(11-9-24)22(28)19-7-6-18(13-20(19)23)26-21(27)16(2)14-31(26,29)30/h3-7,12-13,16H,8-11,14H2,1-2H3. The van der Waals surface area contributed by atoms with E-state index in [9.17, 15) is 18.0 Å². The molecule has 0 bridgehead atoms. The van der Waals surface area contributed by atoms with Crippen LogP contribution in [0.5, 0.6) is 0 Å². The molecule has 4 rings (SSSR count). The summed E-state index contributed by atoms with van der Waals surface area (Å²) >= 11 is 6.35. The second-order valence-corrected chi connectivity index (χ2v) is 10.3. The van der Waals surface area contributed by atoms with E-state index in [-0.39, 0.29) is 22.4 Å². The smallest absolute Gasteiger partial charge is 0.255 e. The zero-order valence-electron chi connectivity index (χ0n) is 17.4. The van der Waals surface area contributed by atoms with Crippen molar-refractivity contribution < 1.29 is 18.0 Å². The van der Waals surface area contributed by atoms with Gasteiger partial charge in [-0.1, -0.05) is 30.7 Å². The number of sulfonamides is 1. The first-order valence-corrected chi connectivity index (χ1v) is 12.1. The van der Waals surface area contributed by atoms with E-state index in [1.165, 1.54) is 23.8 Å². The van der Waals surface area contributed by atoms with Gasteiger partial charge in [-0.2, -0.15) is 0 Å². The molecular weight excluding hydrogens is 438 g/mol. The Morgan fingerprint density at radius 2 is 1.74 bits per heavy atom. The van der Waals surface area contributed by atoms with Crippen molar-refractivity contribution in [1.82, 2.24) is 4.90 Å². The van der Waals surface area contributed by atoms with E-state index in [4.69, 9.17) is 11.6 Å². The van der Waals surface area contributed by atoms with Crippen LogP contribution in [0.2, 0.25) is 5.02 Å². The average Bonchev–Trinajstić information content (AvgIpc) is 2.94. The van der Waals surface area contributed by atoms with E-state index < -0.39 is 21.8 Å². The van der Waals surface area contributed by atoms with Crippen LogP contribution in [0.4, 0.5) is 11.4 Å². The largest absolute Gasteiger partial charge is 0.368 e. The summed E-state index contributed by atoms with van der Waals surface area (Å²) in [6.45, 7) is 6.17. The number of benzene rings is 2. The topological polar surface area (TPSA) is 78.0 Å². The molecule has 2 aromatic carbocycles. The van der Waals surface area contributed by atoms with E-state index >= 15 is 0 Å². The van der Waals surface area contributed by atoms with Crippen molar-refractivity contribution in [2.45, 2.75) is 13.8 Å². The Labute approximate surface area is 187 Å². The van der Waals surface area contributed by atoms with Crippen LogP contribution < -0.4 is 9.21 Å². The van der Waals surface area contributed by atoms with Crippen LogP contribution in [0.15, 0.2) is 42.5 Å². The van der Waals surface area contributed by atoms with Gasteiger partial charge < -0.3 is 9.80 Å². The number of carbonyl (C=O) groups is 2.